The average Bonchev–Trinajstić information content (AvgIpc) is 2.91. The first kappa shape index (κ1) is 40.7. The predicted octanol–water partition coefficient (Wildman–Crippen LogP) is 10.2. The van der Waals surface area contributed by atoms with Gasteiger partial charge in [-0.15, -0.1) is 0 Å². The molecular weight excluding hydrogens is 453 g/mol. The maximum absolute atomic E-state index is 3.68. The van der Waals surface area contributed by atoms with Gasteiger partial charge in [0.05, 0.1) is 0 Å². The van der Waals surface area contributed by atoms with E-state index in [-0.39, 0.29) is 20.3 Å². The summed E-state index contributed by atoms with van der Waals surface area (Å²) in [7, 11) is 0. The summed E-state index contributed by atoms with van der Waals surface area (Å²) in [6, 6.07) is 0. The van der Waals surface area contributed by atoms with Gasteiger partial charge in [-0.05, 0) is 25.9 Å². The Kier molecular flexibility index (Phi) is 42.5. The van der Waals surface area contributed by atoms with Crippen LogP contribution in [0, 0.1) is 0 Å². The Labute approximate surface area is 257 Å². The van der Waals surface area contributed by atoms with Crippen molar-refractivity contribution in [2.24, 2.45) is 0 Å². The van der Waals surface area contributed by atoms with Gasteiger partial charge >= 0.3 is 18.9 Å². The van der Waals surface area contributed by atoms with Gasteiger partial charge in [0.15, 0.2) is 0 Å². The first-order chi connectivity index (χ1) is 18.4. The Morgan fingerprint density at radius 2 is 0.421 bits per heavy atom. The van der Waals surface area contributed by atoms with E-state index in [1.165, 1.54) is 219 Å². The van der Waals surface area contributed by atoms with Gasteiger partial charge in [0.1, 0.15) is 0 Å². The fourth-order valence-corrected chi connectivity index (χ4v) is 5.72. The first-order valence-corrected chi connectivity index (χ1v) is 18.1. The zero-order valence-electron chi connectivity index (χ0n) is 28.5. The standard InChI is InChI=1S/C36H75N.Li.H/c1-3-5-7-9-11-13-15-17-19-21-23-25-27-29-31-33-35-37-36-34-32-30-28-26-24-22-20-18-16-14-12-10-8-6-4-2;;/h37H,3-36H2,1-2H3;;/q;+1;-1. The second-order valence-corrected chi connectivity index (χ2v) is 12.4. The average molecular weight is 530 g/mol. The minimum absolute atomic E-state index is 0. The van der Waals surface area contributed by atoms with Crippen molar-refractivity contribution in [1.82, 2.24) is 5.32 Å². The Bertz CT molecular complexity index is 345. The van der Waals surface area contributed by atoms with Crippen LogP contribution < -0.4 is 24.2 Å². The van der Waals surface area contributed by atoms with Crippen molar-refractivity contribution >= 4 is 0 Å². The minimum atomic E-state index is 0. The molecule has 0 aliphatic rings. The number of unbranched alkanes of at least 4 members (excludes halogenated alkanes) is 30. The third-order valence-corrected chi connectivity index (χ3v) is 8.41. The van der Waals surface area contributed by atoms with Gasteiger partial charge in [0.2, 0.25) is 0 Å². The second-order valence-electron chi connectivity index (χ2n) is 12.4. The molecule has 2 heteroatoms. The number of hydrogen-bond donors (Lipinski definition) is 1. The first-order valence-electron chi connectivity index (χ1n) is 18.1. The molecule has 0 amide bonds. The topological polar surface area (TPSA) is 12.0 Å². The number of hydrogen-bond acceptors (Lipinski definition) is 1. The van der Waals surface area contributed by atoms with Crippen LogP contribution in [-0.2, 0) is 0 Å². The summed E-state index contributed by atoms with van der Waals surface area (Å²) in [4.78, 5) is 0. The van der Waals surface area contributed by atoms with E-state index in [4.69, 9.17) is 0 Å². The Morgan fingerprint density at radius 1 is 0.263 bits per heavy atom. The molecule has 38 heavy (non-hydrogen) atoms. The molecule has 0 radical (unpaired) electrons. The van der Waals surface area contributed by atoms with Crippen LogP contribution in [0.15, 0.2) is 0 Å². The molecule has 0 saturated heterocycles. The summed E-state index contributed by atoms with van der Waals surface area (Å²) in [5, 5.41) is 3.68. The number of nitrogens with one attached hydrogen (secondary N) is 1. The van der Waals surface area contributed by atoms with Crippen molar-refractivity contribution < 1.29 is 20.3 Å². The Hall–Kier alpha value is 0.557. The molecule has 0 saturated carbocycles. The normalized spacial score (nSPS) is 11.2. The molecular formula is C36H76LiN. The van der Waals surface area contributed by atoms with Gasteiger partial charge in [-0.1, -0.05) is 206 Å². The Morgan fingerprint density at radius 3 is 0.605 bits per heavy atom. The maximum Gasteiger partial charge on any atom is 1.00 e. The maximum atomic E-state index is 3.68. The monoisotopic (exact) mass is 530 g/mol. The molecule has 0 spiro atoms. The van der Waals surface area contributed by atoms with E-state index < -0.39 is 0 Å². The van der Waals surface area contributed by atoms with Crippen LogP contribution >= 0.6 is 0 Å². The third-order valence-electron chi connectivity index (χ3n) is 8.41. The smallest absolute Gasteiger partial charge is 1.00 e. The van der Waals surface area contributed by atoms with E-state index in [2.05, 4.69) is 19.2 Å². The molecule has 0 rings (SSSR count). The molecule has 0 atom stereocenters. The van der Waals surface area contributed by atoms with E-state index >= 15 is 0 Å². The van der Waals surface area contributed by atoms with Gasteiger partial charge in [-0.2, -0.15) is 0 Å². The minimum Gasteiger partial charge on any atom is -1.00 e. The van der Waals surface area contributed by atoms with Crippen molar-refractivity contribution in [3.05, 3.63) is 0 Å². The third kappa shape index (κ3) is 38.7. The fraction of sp³-hybridized carbons (Fsp3) is 1.00. The quantitative estimate of drug-likeness (QED) is 0.0645. The van der Waals surface area contributed by atoms with Crippen LogP contribution in [0.1, 0.15) is 221 Å². The van der Waals surface area contributed by atoms with Crippen LogP contribution in [0.5, 0.6) is 0 Å². The van der Waals surface area contributed by atoms with Crippen LogP contribution in [0.3, 0.4) is 0 Å². The van der Waals surface area contributed by atoms with Gasteiger partial charge in [0.25, 0.3) is 0 Å². The van der Waals surface area contributed by atoms with Crippen LogP contribution in [-0.4, -0.2) is 13.1 Å². The van der Waals surface area contributed by atoms with Crippen molar-refractivity contribution in [2.45, 2.75) is 219 Å². The molecule has 0 aliphatic carbocycles. The summed E-state index contributed by atoms with van der Waals surface area (Å²) in [5.74, 6) is 0. The zero-order chi connectivity index (χ0) is 26.7. The van der Waals surface area contributed by atoms with E-state index in [1.807, 2.05) is 0 Å². The summed E-state index contributed by atoms with van der Waals surface area (Å²) < 4.78 is 0. The Balaban J connectivity index is -0.00000648. The van der Waals surface area contributed by atoms with Crippen LogP contribution in [0.4, 0.5) is 0 Å². The van der Waals surface area contributed by atoms with E-state index in [1.54, 1.807) is 0 Å². The summed E-state index contributed by atoms with van der Waals surface area (Å²) in [6.45, 7) is 7.11. The van der Waals surface area contributed by atoms with Gasteiger partial charge in [0, 0.05) is 0 Å². The predicted molar refractivity (Wildman–Crippen MR) is 173 cm³/mol. The second kappa shape index (κ2) is 39.7. The zero-order valence-corrected chi connectivity index (χ0v) is 27.5. The molecule has 0 aromatic carbocycles. The molecule has 0 aromatic heterocycles. The van der Waals surface area contributed by atoms with Crippen LogP contribution in [0.25, 0.3) is 0 Å². The van der Waals surface area contributed by atoms with Gasteiger partial charge in [-0.25, -0.2) is 0 Å². The van der Waals surface area contributed by atoms with Crippen molar-refractivity contribution in [2.75, 3.05) is 13.1 Å². The van der Waals surface area contributed by atoms with E-state index in [9.17, 15) is 0 Å². The SMILES string of the molecule is CCCCCCCCCCCCCCCCCCNCCCCCCCCCCCCCCCCCC.[H-].[Li+]. The summed E-state index contributed by atoms with van der Waals surface area (Å²) in [5.41, 5.74) is 0. The van der Waals surface area contributed by atoms with Gasteiger partial charge < -0.3 is 6.74 Å². The van der Waals surface area contributed by atoms with Crippen molar-refractivity contribution in [3.8, 4) is 0 Å². The molecule has 1 N–H and O–H groups in total. The van der Waals surface area contributed by atoms with E-state index in [0.29, 0.717) is 0 Å². The fourth-order valence-electron chi connectivity index (χ4n) is 5.72. The molecule has 226 valence electrons. The summed E-state index contributed by atoms with van der Waals surface area (Å²) in [6.07, 6.45) is 46.7. The molecule has 1 nitrogen and oxygen atoms in total. The van der Waals surface area contributed by atoms with Gasteiger partial charge in [-0.3, -0.25) is 0 Å². The van der Waals surface area contributed by atoms with Crippen LogP contribution in [0.2, 0.25) is 0 Å². The molecule has 0 bridgehead atoms. The van der Waals surface area contributed by atoms with Crippen molar-refractivity contribution in [3.63, 3.8) is 0 Å². The molecule has 0 aromatic rings. The molecule has 0 aliphatic heterocycles. The number of rotatable bonds is 34. The molecule has 0 unspecified atom stereocenters. The largest absolute Gasteiger partial charge is 1.00 e. The van der Waals surface area contributed by atoms with E-state index in [0.717, 1.165) is 0 Å². The molecule has 0 fully saturated rings. The summed E-state index contributed by atoms with van der Waals surface area (Å²) >= 11 is 0. The molecule has 0 heterocycles. The van der Waals surface area contributed by atoms with Crippen molar-refractivity contribution in [1.29, 1.82) is 0 Å².